The minimum atomic E-state index is 0.294. The summed E-state index contributed by atoms with van der Waals surface area (Å²) in [5, 5.41) is 0. The Labute approximate surface area is 201 Å². The van der Waals surface area contributed by atoms with E-state index in [4.69, 9.17) is 22.9 Å². The van der Waals surface area contributed by atoms with Gasteiger partial charge in [0.05, 0.1) is 26.2 Å². The largest absolute Gasteiger partial charge is 0.320 e. The molecule has 0 saturated heterocycles. The van der Waals surface area contributed by atoms with Gasteiger partial charge < -0.3 is 22.9 Å². The van der Waals surface area contributed by atoms with Gasteiger partial charge >= 0.3 is 0 Å². The summed E-state index contributed by atoms with van der Waals surface area (Å²) in [5.74, 6) is 24.1. The van der Waals surface area contributed by atoms with Crippen LogP contribution in [0.1, 0.15) is 22.3 Å². The van der Waals surface area contributed by atoms with Crippen LogP contribution >= 0.6 is 0 Å². The molecule has 0 aliphatic heterocycles. The van der Waals surface area contributed by atoms with Crippen LogP contribution in [0.3, 0.4) is 0 Å². The van der Waals surface area contributed by atoms with Crippen molar-refractivity contribution >= 4 is 0 Å². The SMILES string of the molecule is NCC#Cc1cc(C#CCN)cc(-c2cccc(-c3cc(C#CCN)cc(C#CCN)c3)c2)c1. The molecule has 4 heteroatoms. The second kappa shape index (κ2) is 12.7. The molecule has 4 nitrogen and oxygen atoms in total. The molecule has 0 bridgehead atoms. The van der Waals surface area contributed by atoms with Gasteiger partial charge in [-0.25, -0.2) is 0 Å². The third-order valence-corrected chi connectivity index (χ3v) is 4.73. The van der Waals surface area contributed by atoms with Crippen molar-refractivity contribution in [3.63, 3.8) is 0 Å². The molecule has 0 amide bonds. The van der Waals surface area contributed by atoms with E-state index in [0.29, 0.717) is 26.2 Å². The summed E-state index contributed by atoms with van der Waals surface area (Å²) < 4.78 is 0. The van der Waals surface area contributed by atoms with Crippen LogP contribution in [-0.4, -0.2) is 26.2 Å². The second-order valence-corrected chi connectivity index (χ2v) is 7.20. The van der Waals surface area contributed by atoms with E-state index in [1.807, 2.05) is 42.5 Å². The Bertz CT molecular complexity index is 1230. The lowest BCUT2D eigenvalue weighted by atomic mass is 9.95. The topological polar surface area (TPSA) is 104 Å². The molecule has 3 rings (SSSR count). The molecule has 0 spiro atoms. The van der Waals surface area contributed by atoms with Gasteiger partial charge in [-0.05, 0) is 64.7 Å². The number of nitrogens with two attached hydrogens (primary N) is 4. The van der Waals surface area contributed by atoms with Crippen molar-refractivity contribution in [2.24, 2.45) is 22.9 Å². The average Bonchev–Trinajstić information content (AvgIpc) is 2.88. The summed E-state index contributed by atoms with van der Waals surface area (Å²) in [4.78, 5) is 0. The third-order valence-electron chi connectivity index (χ3n) is 4.73. The van der Waals surface area contributed by atoms with Crippen molar-refractivity contribution in [3.05, 3.63) is 82.9 Å². The highest BCUT2D eigenvalue weighted by Crippen LogP contribution is 2.29. The monoisotopic (exact) mass is 442 g/mol. The van der Waals surface area contributed by atoms with Crippen molar-refractivity contribution in [3.8, 4) is 69.6 Å². The number of rotatable bonds is 2. The quantitative estimate of drug-likeness (QED) is 0.457. The van der Waals surface area contributed by atoms with Crippen LogP contribution in [0.4, 0.5) is 0 Å². The molecule has 0 unspecified atom stereocenters. The van der Waals surface area contributed by atoms with E-state index < -0.39 is 0 Å². The van der Waals surface area contributed by atoms with Crippen LogP contribution in [0.5, 0.6) is 0 Å². The minimum absolute atomic E-state index is 0.294. The zero-order chi connectivity index (χ0) is 24.2. The molecule has 0 fully saturated rings. The molecular formula is C30H26N4. The first-order valence-corrected chi connectivity index (χ1v) is 10.8. The standard InChI is InChI=1S/C30H26N4/c31-12-2-6-23-16-24(7-3-13-32)19-29(18-23)27-10-1-11-28(22-27)30-20-25(8-4-14-33)17-26(21-30)9-5-15-34/h1,10-11,16-22H,12-15,31-34H2. The van der Waals surface area contributed by atoms with E-state index in [1.54, 1.807) is 0 Å². The van der Waals surface area contributed by atoms with Crippen LogP contribution in [-0.2, 0) is 0 Å². The molecule has 0 aliphatic carbocycles. The van der Waals surface area contributed by atoms with Gasteiger partial charge in [0.25, 0.3) is 0 Å². The Morgan fingerprint density at radius 1 is 0.412 bits per heavy atom. The molecule has 166 valence electrons. The highest BCUT2D eigenvalue weighted by Gasteiger charge is 2.06. The zero-order valence-corrected chi connectivity index (χ0v) is 18.9. The fourth-order valence-electron chi connectivity index (χ4n) is 3.37. The van der Waals surface area contributed by atoms with E-state index in [-0.39, 0.29) is 0 Å². The molecule has 0 heterocycles. The molecule has 0 radical (unpaired) electrons. The minimum Gasteiger partial charge on any atom is -0.320 e. The summed E-state index contributed by atoms with van der Waals surface area (Å²) in [6.07, 6.45) is 0. The van der Waals surface area contributed by atoms with Crippen LogP contribution in [0.25, 0.3) is 22.3 Å². The smallest absolute Gasteiger partial charge is 0.0555 e. The fourth-order valence-corrected chi connectivity index (χ4v) is 3.37. The second-order valence-electron chi connectivity index (χ2n) is 7.20. The molecule has 0 atom stereocenters. The van der Waals surface area contributed by atoms with Crippen molar-refractivity contribution in [2.75, 3.05) is 26.2 Å². The van der Waals surface area contributed by atoms with E-state index in [1.165, 1.54) is 0 Å². The molecule has 8 N–H and O–H groups in total. The average molecular weight is 443 g/mol. The third kappa shape index (κ3) is 6.87. The maximum Gasteiger partial charge on any atom is 0.0555 e. The lowest BCUT2D eigenvalue weighted by molar-refractivity contribution is 1.30. The van der Waals surface area contributed by atoms with E-state index in [0.717, 1.165) is 44.5 Å². The molecule has 0 aliphatic rings. The Balaban J connectivity index is 2.12. The van der Waals surface area contributed by atoms with Gasteiger partial charge in [-0.2, -0.15) is 0 Å². The Kier molecular flexibility index (Phi) is 9.10. The van der Waals surface area contributed by atoms with Crippen LogP contribution in [0, 0.1) is 47.4 Å². The lowest BCUT2D eigenvalue weighted by Crippen LogP contribution is -1.94. The summed E-state index contributed by atoms with van der Waals surface area (Å²) in [6.45, 7) is 1.18. The van der Waals surface area contributed by atoms with Gasteiger partial charge in [0.1, 0.15) is 0 Å². The molecule has 3 aromatic carbocycles. The highest BCUT2D eigenvalue weighted by atomic mass is 14.5. The predicted octanol–water partition coefficient (Wildman–Crippen LogP) is 2.26. The first kappa shape index (κ1) is 24.4. The van der Waals surface area contributed by atoms with Gasteiger partial charge in [-0.3, -0.25) is 0 Å². The first-order chi connectivity index (χ1) is 16.7. The van der Waals surface area contributed by atoms with Crippen molar-refractivity contribution < 1.29 is 0 Å². The summed E-state index contributed by atoms with van der Waals surface area (Å²) in [7, 11) is 0. The van der Waals surface area contributed by atoms with Crippen LogP contribution < -0.4 is 22.9 Å². The zero-order valence-electron chi connectivity index (χ0n) is 18.9. The summed E-state index contributed by atoms with van der Waals surface area (Å²) in [6, 6.07) is 20.3. The fraction of sp³-hybridized carbons (Fsp3) is 0.133. The van der Waals surface area contributed by atoms with Crippen molar-refractivity contribution in [1.29, 1.82) is 0 Å². The summed E-state index contributed by atoms with van der Waals surface area (Å²) >= 11 is 0. The molecule has 0 saturated carbocycles. The van der Waals surface area contributed by atoms with E-state index in [2.05, 4.69) is 65.6 Å². The number of hydrogen-bond donors (Lipinski definition) is 4. The van der Waals surface area contributed by atoms with Crippen molar-refractivity contribution in [2.45, 2.75) is 0 Å². The Morgan fingerprint density at radius 3 is 1.03 bits per heavy atom. The molecular weight excluding hydrogens is 416 g/mol. The highest BCUT2D eigenvalue weighted by molar-refractivity contribution is 5.76. The van der Waals surface area contributed by atoms with Gasteiger partial charge in [0.15, 0.2) is 0 Å². The van der Waals surface area contributed by atoms with E-state index >= 15 is 0 Å². The number of benzene rings is 3. The van der Waals surface area contributed by atoms with Crippen molar-refractivity contribution in [1.82, 2.24) is 0 Å². The first-order valence-electron chi connectivity index (χ1n) is 10.8. The van der Waals surface area contributed by atoms with E-state index in [9.17, 15) is 0 Å². The molecule has 0 aromatic heterocycles. The Hall–Kier alpha value is -4.26. The van der Waals surface area contributed by atoms with Gasteiger partial charge in [-0.15, -0.1) is 0 Å². The maximum atomic E-state index is 5.56. The maximum absolute atomic E-state index is 5.56. The summed E-state index contributed by atoms with van der Waals surface area (Å²) in [5.41, 5.74) is 29.8. The normalized spacial score (nSPS) is 9.29. The van der Waals surface area contributed by atoms with Gasteiger partial charge in [0, 0.05) is 22.3 Å². The van der Waals surface area contributed by atoms with Crippen LogP contribution in [0.2, 0.25) is 0 Å². The number of hydrogen-bond acceptors (Lipinski definition) is 4. The van der Waals surface area contributed by atoms with Gasteiger partial charge in [-0.1, -0.05) is 65.6 Å². The molecule has 34 heavy (non-hydrogen) atoms. The molecule has 3 aromatic rings. The van der Waals surface area contributed by atoms with Crippen LogP contribution in [0.15, 0.2) is 60.7 Å². The predicted molar refractivity (Wildman–Crippen MR) is 141 cm³/mol. The Morgan fingerprint density at radius 2 is 0.735 bits per heavy atom. The lowest BCUT2D eigenvalue weighted by Gasteiger charge is -2.09. The van der Waals surface area contributed by atoms with Gasteiger partial charge in [0.2, 0.25) is 0 Å².